The van der Waals surface area contributed by atoms with Crippen molar-refractivity contribution in [1.82, 2.24) is 15.1 Å². The lowest BCUT2D eigenvalue weighted by Gasteiger charge is -2.44. The van der Waals surface area contributed by atoms with Gasteiger partial charge in [-0.2, -0.15) is 0 Å². The second-order valence-corrected chi connectivity index (χ2v) is 10.0. The quantitative estimate of drug-likeness (QED) is 0.527. The number of piperidine rings is 1. The van der Waals surface area contributed by atoms with Gasteiger partial charge in [-0.15, -0.1) is 0 Å². The van der Waals surface area contributed by atoms with Gasteiger partial charge in [0, 0.05) is 43.6 Å². The molecule has 8 nitrogen and oxygen atoms in total. The molecule has 3 amide bonds. The number of likely N-dealkylation sites (tertiary alicyclic amines) is 1. The number of methoxy groups -OCH3 is 1. The number of nitrogens with one attached hydrogen (secondary N) is 1. The van der Waals surface area contributed by atoms with E-state index in [2.05, 4.69) is 5.32 Å². The van der Waals surface area contributed by atoms with Crippen molar-refractivity contribution < 1.29 is 23.9 Å². The Labute approximate surface area is 228 Å². The van der Waals surface area contributed by atoms with Gasteiger partial charge in [-0.25, -0.2) is 0 Å². The Balaban J connectivity index is 1.36. The number of carbonyl (C=O) groups excluding carboxylic acids is 3. The van der Waals surface area contributed by atoms with Gasteiger partial charge in [0.2, 0.25) is 5.91 Å². The zero-order valence-electron chi connectivity index (χ0n) is 22.3. The molecule has 0 saturated carbocycles. The van der Waals surface area contributed by atoms with Crippen molar-refractivity contribution in [2.45, 2.75) is 38.1 Å². The van der Waals surface area contributed by atoms with Crippen LogP contribution >= 0.6 is 0 Å². The molecule has 1 N–H and O–H groups in total. The summed E-state index contributed by atoms with van der Waals surface area (Å²) in [6, 6.07) is 23.3. The molecule has 2 aliphatic rings. The molecule has 1 spiro atoms. The van der Waals surface area contributed by atoms with Crippen molar-refractivity contribution in [1.29, 1.82) is 0 Å². The van der Waals surface area contributed by atoms with Crippen molar-refractivity contribution in [3.63, 3.8) is 0 Å². The van der Waals surface area contributed by atoms with Gasteiger partial charge in [0.1, 0.15) is 17.5 Å². The van der Waals surface area contributed by atoms with E-state index in [1.165, 1.54) is 0 Å². The predicted octanol–water partition coefficient (Wildman–Crippen LogP) is 3.79. The number of amides is 3. The molecule has 3 aromatic carbocycles. The van der Waals surface area contributed by atoms with Crippen LogP contribution in [0.5, 0.6) is 5.75 Å². The summed E-state index contributed by atoms with van der Waals surface area (Å²) in [6.07, 6.45) is 0.811. The lowest BCUT2D eigenvalue weighted by molar-refractivity contribution is -0.128. The number of benzene rings is 3. The average molecular weight is 528 g/mol. The minimum Gasteiger partial charge on any atom is -0.497 e. The SMILES string of the molecule is COc1cccc(C(=O)N2CCC3(CC2)OCC(C(=O)NCc2ccccc2)N3C(=O)c2cccc(C)c2)c1. The largest absolute Gasteiger partial charge is 0.497 e. The fourth-order valence-corrected chi connectivity index (χ4v) is 5.38. The summed E-state index contributed by atoms with van der Waals surface area (Å²) in [5.41, 5.74) is 2.01. The number of rotatable bonds is 6. The minimum atomic E-state index is -0.971. The second kappa shape index (κ2) is 11.3. The Morgan fingerprint density at radius 1 is 0.923 bits per heavy atom. The van der Waals surface area contributed by atoms with Gasteiger partial charge in [-0.05, 0) is 42.8 Å². The fourth-order valence-electron chi connectivity index (χ4n) is 5.38. The minimum absolute atomic E-state index is 0.0992. The fraction of sp³-hybridized carbons (Fsp3) is 0.323. The molecule has 5 rings (SSSR count). The first-order valence-corrected chi connectivity index (χ1v) is 13.2. The number of ether oxygens (including phenoxy) is 2. The normalized spacial score (nSPS) is 18.2. The molecule has 8 heteroatoms. The van der Waals surface area contributed by atoms with Gasteiger partial charge in [0.05, 0.1) is 13.7 Å². The number of aryl methyl sites for hydroxylation is 1. The zero-order chi connectivity index (χ0) is 27.4. The van der Waals surface area contributed by atoms with Crippen LogP contribution in [0, 0.1) is 6.92 Å². The van der Waals surface area contributed by atoms with Crippen LogP contribution in [-0.2, 0) is 16.1 Å². The van der Waals surface area contributed by atoms with Crippen LogP contribution in [0.4, 0.5) is 0 Å². The first-order valence-electron chi connectivity index (χ1n) is 13.2. The highest BCUT2D eigenvalue weighted by Gasteiger charge is 2.54. The van der Waals surface area contributed by atoms with E-state index in [0.717, 1.165) is 11.1 Å². The second-order valence-electron chi connectivity index (χ2n) is 10.0. The number of carbonyl (C=O) groups is 3. The molecule has 2 fully saturated rings. The lowest BCUT2D eigenvalue weighted by atomic mass is 9.95. The van der Waals surface area contributed by atoms with Crippen LogP contribution in [0.1, 0.15) is 44.7 Å². The summed E-state index contributed by atoms with van der Waals surface area (Å²) >= 11 is 0. The molecular formula is C31H33N3O5. The van der Waals surface area contributed by atoms with Gasteiger partial charge in [-0.3, -0.25) is 19.3 Å². The molecule has 1 atom stereocenters. The summed E-state index contributed by atoms with van der Waals surface area (Å²) in [5, 5.41) is 2.98. The monoisotopic (exact) mass is 527 g/mol. The van der Waals surface area contributed by atoms with E-state index in [1.807, 2.05) is 55.5 Å². The molecule has 0 bridgehead atoms. The van der Waals surface area contributed by atoms with Gasteiger partial charge in [-0.1, -0.05) is 54.1 Å². The van der Waals surface area contributed by atoms with Crippen molar-refractivity contribution >= 4 is 17.7 Å². The topological polar surface area (TPSA) is 88.2 Å². The highest BCUT2D eigenvalue weighted by Crippen LogP contribution is 2.39. The highest BCUT2D eigenvalue weighted by molar-refractivity contribution is 5.99. The Kier molecular flexibility index (Phi) is 7.65. The molecular weight excluding hydrogens is 494 g/mol. The molecule has 2 saturated heterocycles. The molecule has 0 aromatic heterocycles. The molecule has 0 radical (unpaired) electrons. The summed E-state index contributed by atoms with van der Waals surface area (Å²) in [6.45, 7) is 3.18. The third-order valence-corrected chi connectivity index (χ3v) is 7.51. The summed E-state index contributed by atoms with van der Waals surface area (Å²) < 4.78 is 11.6. The van der Waals surface area contributed by atoms with E-state index < -0.39 is 11.8 Å². The smallest absolute Gasteiger partial charge is 0.256 e. The van der Waals surface area contributed by atoms with Crippen LogP contribution < -0.4 is 10.1 Å². The van der Waals surface area contributed by atoms with Crippen LogP contribution in [0.25, 0.3) is 0 Å². The number of hydrogen-bond donors (Lipinski definition) is 1. The first kappa shape index (κ1) is 26.4. The molecule has 3 aromatic rings. The van der Waals surface area contributed by atoms with Crippen LogP contribution in [0.2, 0.25) is 0 Å². The maximum absolute atomic E-state index is 13.9. The summed E-state index contributed by atoms with van der Waals surface area (Å²) in [7, 11) is 1.57. The van der Waals surface area contributed by atoms with Gasteiger partial charge in [0.15, 0.2) is 0 Å². The van der Waals surface area contributed by atoms with Gasteiger partial charge in [0.25, 0.3) is 11.8 Å². The molecule has 2 heterocycles. The zero-order valence-corrected chi connectivity index (χ0v) is 22.3. The predicted molar refractivity (Wildman–Crippen MR) is 146 cm³/mol. The van der Waals surface area contributed by atoms with Crippen LogP contribution in [0.15, 0.2) is 78.9 Å². The number of nitrogens with zero attached hydrogens (tertiary/aromatic N) is 2. The molecule has 2 aliphatic heterocycles. The maximum Gasteiger partial charge on any atom is 0.256 e. The summed E-state index contributed by atoms with van der Waals surface area (Å²) in [5.74, 6) is 0.0125. The average Bonchev–Trinajstić information content (AvgIpc) is 3.34. The first-order chi connectivity index (χ1) is 18.9. The standard InChI is InChI=1S/C31H33N3O5/c1-22-8-6-11-24(18-22)30(37)34-27(28(35)32-20-23-9-4-3-5-10-23)21-39-31(34)14-16-33(17-15-31)29(36)25-12-7-13-26(19-25)38-2/h3-13,18-19,27H,14-17,20-21H2,1-2H3,(H,32,35). The van der Waals surface area contributed by atoms with Crippen molar-refractivity contribution in [3.05, 3.63) is 101 Å². The Morgan fingerprint density at radius 2 is 1.62 bits per heavy atom. The third-order valence-electron chi connectivity index (χ3n) is 7.51. The Bertz CT molecular complexity index is 1350. The maximum atomic E-state index is 13.9. The van der Waals surface area contributed by atoms with Crippen molar-refractivity contribution in [3.8, 4) is 5.75 Å². The van der Waals surface area contributed by atoms with E-state index in [4.69, 9.17) is 9.47 Å². The molecule has 39 heavy (non-hydrogen) atoms. The van der Waals surface area contributed by atoms with Gasteiger partial charge < -0.3 is 19.7 Å². The van der Waals surface area contributed by atoms with E-state index in [1.54, 1.807) is 47.2 Å². The number of hydrogen-bond acceptors (Lipinski definition) is 5. The lowest BCUT2D eigenvalue weighted by Crippen LogP contribution is -2.59. The third kappa shape index (κ3) is 5.52. The summed E-state index contributed by atoms with van der Waals surface area (Å²) in [4.78, 5) is 44.0. The van der Waals surface area contributed by atoms with Crippen LogP contribution in [0.3, 0.4) is 0 Å². The van der Waals surface area contributed by atoms with E-state index in [9.17, 15) is 14.4 Å². The molecule has 202 valence electrons. The van der Waals surface area contributed by atoms with E-state index in [0.29, 0.717) is 49.4 Å². The Hall–Kier alpha value is -4.17. The van der Waals surface area contributed by atoms with Crippen LogP contribution in [-0.4, -0.2) is 66.1 Å². The molecule has 1 unspecified atom stereocenters. The van der Waals surface area contributed by atoms with Crippen molar-refractivity contribution in [2.24, 2.45) is 0 Å². The van der Waals surface area contributed by atoms with Crippen molar-refractivity contribution in [2.75, 3.05) is 26.8 Å². The highest BCUT2D eigenvalue weighted by atomic mass is 16.5. The van der Waals surface area contributed by atoms with E-state index in [-0.39, 0.29) is 24.3 Å². The molecule has 0 aliphatic carbocycles. The van der Waals surface area contributed by atoms with E-state index >= 15 is 0 Å². The Morgan fingerprint density at radius 3 is 2.31 bits per heavy atom. The van der Waals surface area contributed by atoms with Gasteiger partial charge >= 0.3 is 0 Å².